The van der Waals surface area contributed by atoms with Gasteiger partial charge in [-0.05, 0) is 26.7 Å². The average molecular weight is 169 g/mol. The molecule has 0 aliphatic carbocycles. The van der Waals surface area contributed by atoms with Crippen LogP contribution in [0.4, 0.5) is 0 Å². The van der Waals surface area contributed by atoms with Gasteiger partial charge in [0, 0.05) is 12.5 Å². The minimum Gasteiger partial charge on any atom is -0.354 e. The molecule has 1 atom stereocenters. The molecule has 0 fully saturated rings. The summed E-state index contributed by atoms with van der Waals surface area (Å²) in [5.74, 6) is 0.393. The molecule has 1 N–H and O–H groups in total. The van der Waals surface area contributed by atoms with Gasteiger partial charge in [0.15, 0.2) is 0 Å². The summed E-state index contributed by atoms with van der Waals surface area (Å²) in [6.45, 7) is 11.7. The number of carbonyl (C=O) groups is 1. The first kappa shape index (κ1) is 11.2. The van der Waals surface area contributed by atoms with Gasteiger partial charge in [-0.1, -0.05) is 19.1 Å². The summed E-state index contributed by atoms with van der Waals surface area (Å²) >= 11 is 0. The van der Waals surface area contributed by atoms with E-state index in [9.17, 15) is 4.79 Å². The fraction of sp³-hybridized carbons (Fsp3) is 0.700. The SMILES string of the molecule is C=C(C)C(C)CC(=O)NC(C)C. The Labute approximate surface area is 75.0 Å². The third kappa shape index (κ3) is 4.94. The highest BCUT2D eigenvalue weighted by atomic mass is 16.1. The van der Waals surface area contributed by atoms with Crippen molar-refractivity contribution >= 4 is 5.91 Å². The number of nitrogens with one attached hydrogen (secondary N) is 1. The Bertz CT molecular complexity index is 173. The van der Waals surface area contributed by atoms with E-state index in [0.29, 0.717) is 6.42 Å². The van der Waals surface area contributed by atoms with Gasteiger partial charge in [-0.15, -0.1) is 0 Å². The average Bonchev–Trinajstić information content (AvgIpc) is 1.84. The lowest BCUT2D eigenvalue weighted by Crippen LogP contribution is -2.31. The largest absolute Gasteiger partial charge is 0.354 e. The summed E-state index contributed by atoms with van der Waals surface area (Å²) in [5.41, 5.74) is 1.06. The van der Waals surface area contributed by atoms with Crippen LogP contribution in [-0.2, 0) is 4.79 Å². The number of allylic oxidation sites excluding steroid dienone is 1. The van der Waals surface area contributed by atoms with Crippen LogP contribution in [0.15, 0.2) is 12.2 Å². The van der Waals surface area contributed by atoms with E-state index in [4.69, 9.17) is 0 Å². The molecule has 2 heteroatoms. The summed E-state index contributed by atoms with van der Waals surface area (Å²) in [7, 11) is 0. The predicted molar refractivity (Wildman–Crippen MR) is 51.9 cm³/mol. The van der Waals surface area contributed by atoms with Gasteiger partial charge in [0.25, 0.3) is 0 Å². The second-order valence-corrected chi connectivity index (χ2v) is 3.67. The zero-order chi connectivity index (χ0) is 9.72. The Morgan fingerprint density at radius 1 is 1.42 bits per heavy atom. The van der Waals surface area contributed by atoms with Crippen LogP contribution >= 0.6 is 0 Å². The van der Waals surface area contributed by atoms with Gasteiger partial charge >= 0.3 is 0 Å². The van der Waals surface area contributed by atoms with Crippen LogP contribution < -0.4 is 5.32 Å². The zero-order valence-electron chi connectivity index (χ0n) is 8.48. The van der Waals surface area contributed by atoms with E-state index in [1.54, 1.807) is 0 Å². The molecule has 1 unspecified atom stereocenters. The molecule has 0 aliphatic rings. The van der Waals surface area contributed by atoms with Crippen LogP contribution in [-0.4, -0.2) is 11.9 Å². The highest BCUT2D eigenvalue weighted by Gasteiger charge is 2.09. The molecule has 1 amide bonds. The van der Waals surface area contributed by atoms with Gasteiger partial charge in [0.1, 0.15) is 0 Å². The third-order valence-electron chi connectivity index (χ3n) is 1.78. The maximum atomic E-state index is 11.2. The van der Waals surface area contributed by atoms with Crippen molar-refractivity contribution in [3.8, 4) is 0 Å². The second-order valence-electron chi connectivity index (χ2n) is 3.67. The minimum atomic E-state index is 0.112. The Morgan fingerprint density at radius 2 is 1.92 bits per heavy atom. The summed E-state index contributed by atoms with van der Waals surface area (Å²) in [6.07, 6.45) is 0.549. The summed E-state index contributed by atoms with van der Waals surface area (Å²) in [4.78, 5) is 11.2. The van der Waals surface area contributed by atoms with Crippen LogP contribution in [0.2, 0.25) is 0 Å². The zero-order valence-corrected chi connectivity index (χ0v) is 8.48. The highest BCUT2D eigenvalue weighted by molar-refractivity contribution is 5.76. The van der Waals surface area contributed by atoms with Crippen molar-refractivity contribution in [3.63, 3.8) is 0 Å². The van der Waals surface area contributed by atoms with Gasteiger partial charge < -0.3 is 5.32 Å². The molecule has 12 heavy (non-hydrogen) atoms. The molecular weight excluding hydrogens is 150 g/mol. The third-order valence-corrected chi connectivity index (χ3v) is 1.78. The van der Waals surface area contributed by atoms with Crippen molar-refractivity contribution in [2.75, 3.05) is 0 Å². The van der Waals surface area contributed by atoms with E-state index >= 15 is 0 Å². The standard InChI is InChI=1S/C10H19NO/c1-7(2)9(5)6-10(12)11-8(3)4/h8-9H,1,6H2,2-5H3,(H,11,12). The molecule has 0 saturated heterocycles. The molecule has 0 bridgehead atoms. The predicted octanol–water partition coefficient (Wildman–Crippen LogP) is 2.11. The second kappa shape index (κ2) is 4.96. The van der Waals surface area contributed by atoms with Crippen molar-refractivity contribution in [3.05, 3.63) is 12.2 Å². The maximum absolute atomic E-state index is 11.2. The molecule has 0 radical (unpaired) electrons. The lowest BCUT2D eigenvalue weighted by atomic mass is 10.0. The molecule has 0 spiro atoms. The number of rotatable bonds is 4. The van der Waals surface area contributed by atoms with E-state index in [1.807, 2.05) is 27.7 Å². The monoisotopic (exact) mass is 169 g/mol. The van der Waals surface area contributed by atoms with Crippen molar-refractivity contribution in [1.29, 1.82) is 0 Å². The number of hydrogen-bond acceptors (Lipinski definition) is 1. The van der Waals surface area contributed by atoms with Gasteiger partial charge in [-0.25, -0.2) is 0 Å². The van der Waals surface area contributed by atoms with E-state index in [-0.39, 0.29) is 17.9 Å². The van der Waals surface area contributed by atoms with Crippen LogP contribution in [0.25, 0.3) is 0 Å². The number of carbonyl (C=O) groups excluding carboxylic acids is 1. The Morgan fingerprint density at radius 3 is 2.25 bits per heavy atom. The topological polar surface area (TPSA) is 29.1 Å². The van der Waals surface area contributed by atoms with Gasteiger partial charge in [0.2, 0.25) is 5.91 Å². The number of hydrogen-bond donors (Lipinski definition) is 1. The van der Waals surface area contributed by atoms with Gasteiger partial charge in [-0.2, -0.15) is 0 Å². The Hall–Kier alpha value is -0.790. The van der Waals surface area contributed by atoms with Crippen LogP contribution in [0.1, 0.15) is 34.1 Å². The van der Waals surface area contributed by atoms with E-state index < -0.39 is 0 Å². The van der Waals surface area contributed by atoms with Gasteiger partial charge in [-0.3, -0.25) is 4.79 Å². The van der Waals surface area contributed by atoms with Crippen molar-refractivity contribution in [2.45, 2.75) is 40.2 Å². The van der Waals surface area contributed by atoms with Crippen LogP contribution in [0.3, 0.4) is 0 Å². The first-order valence-electron chi connectivity index (χ1n) is 4.38. The molecule has 2 nitrogen and oxygen atoms in total. The molecular formula is C10H19NO. The molecule has 0 aliphatic heterocycles. The molecule has 70 valence electrons. The lowest BCUT2D eigenvalue weighted by molar-refractivity contribution is -0.122. The first-order chi connectivity index (χ1) is 5.43. The summed E-state index contributed by atoms with van der Waals surface area (Å²) in [6, 6.07) is 0.231. The summed E-state index contributed by atoms with van der Waals surface area (Å²) < 4.78 is 0. The van der Waals surface area contributed by atoms with Crippen molar-refractivity contribution in [1.82, 2.24) is 5.32 Å². The van der Waals surface area contributed by atoms with Crippen LogP contribution in [0, 0.1) is 5.92 Å². The Kier molecular flexibility index (Phi) is 4.64. The fourth-order valence-electron chi connectivity index (χ4n) is 0.833. The molecule has 0 rings (SSSR count). The highest BCUT2D eigenvalue weighted by Crippen LogP contribution is 2.10. The summed E-state index contributed by atoms with van der Waals surface area (Å²) in [5, 5.41) is 2.85. The van der Waals surface area contributed by atoms with E-state index in [0.717, 1.165) is 5.57 Å². The molecule has 0 aromatic heterocycles. The van der Waals surface area contributed by atoms with Crippen molar-refractivity contribution < 1.29 is 4.79 Å². The molecule has 0 aromatic rings. The van der Waals surface area contributed by atoms with Crippen molar-refractivity contribution in [2.24, 2.45) is 5.92 Å². The molecule has 0 aromatic carbocycles. The quantitative estimate of drug-likeness (QED) is 0.642. The minimum absolute atomic E-state index is 0.112. The molecule has 0 heterocycles. The smallest absolute Gasteiger partial charge is 0.220 e. The number of amides is 1. The molecule has 0 saturated carbocycles. The Balaban J connectivity index is 3.77. The normalized spacial score (nSPS) is 12.8. The first-order valence-corrected chi connectivity index (χ1v) is 4.38. The van der Waals surface area contributed by atoms with Gasteiger partial charge in [0.05, 0.1) is 0 Å². The maximum Gasteiger partial charge on any atom is 0.220 e. The van der Waals surface area contributed by atoms with E-state index in [2.05, 4.69) is 11.9 Å². The fourth-order valence-corrected chi connectivity index (χ4v) is 0.833. The van der Waals surface area contributed by atoms with E-state index in [1.165, 1.54) is 0 Å². The lowest BCUT2D eigenvalue weighted by Gasteiger charge is -2.12. The van der Waals surface area contributed by atoms with Crippen LogP contribution in [0.5, 0.6) is 0 Å².